The summed E-state index contributed by atoms with van der Waals surface area (Å²) >= 11 is 0. The molecule has 0 aromatic carbocycles. The predicted octanol–water partition coefficient (Wildman–Crippen LogP) is 2.61. The van der Waals surface area contributed by atoms with Gasteiger partial charge >= 0.3 is 0 Å². The number of H-pyrrole nitrogens is 1. The van der Waals surface area contributed by atoms with Gasteiger partial charge in [-0.3, -0.25) is 14.7 Å². The monoisotopic (exact) mass is 523 g/mol. The van der Waals surface area contributed by atoms with E-state index in [4.69, 9.17) is 9.47 Å². The quantitative estimate of drug-likeness (QED) is 0.508. The summed E-state index contributed by atoms with van der Waals surface area (Å²) in [6, 6.07) is 2.78. The predicted molar refractivity (Wildman–Crippen MR) is 132 cm³/mol. The molecule has 3 aromatic rings. The molecule has 3 aliphatic rings. The first-order valence-electron chi connectivity index (χ1n) is 12.9. The van der Waals surface area contributed by atoms with Gasteiger partial charge in [-0.25, -0.2) is 14.4 Å². The van der Waals surface area contributed by atoms with E-state index >= 15 is 0 Å². The first kappa shape index (κ1) is 24.5. The van der Waals surface area contributed by atoms with Gasteiger partial charge in [-0.05, 0) is 38.7 Å². The van der Waals surface area contributed by atoms with Crippen molar-refractivity contribution in [3.63, 3.8) is 0 Å². The minimum Gasteiger partial charge on any atom is -0.481 e. The molecular formula is C26H30FN7O4. The van der Waals surface area contributed by atoms with Crippen molar-refractivity contribution in [1.29, 1.82) is 0 Å². The zero-order valence-corrected chi connectivity index (χ0v) is 21.4. The maximum Gasteiger partial charge on any atom is 0.272 e. The molecule has 2 aliphatic heterocycles. The number of imidazole rings is 1. The van der Waals surface area contributed by atoms with Crippen molar-refractivity contribution < 1.29 is 23.5 Å². The molecule has 2 N–H and O–H groups in total. The Bertz CT molecular complexity index is 1360. The number of methoxy groups -OCH3 is 1. The number of aromatic nitrogens is 5. The molecule has 1 saturated heterocycles. The number of amides is 2. The number of halogens is 1. The van der Waals surface area contributed by atoms with Crippen LogP contribution in [0.2, 0.25) is 0 Å². The molecule has 5 heterocycles. The Labute approximate surface area is 218 Å². The number of piperidine rings is 1. The second-order valence-corrected chi connectivity index (χ2v) is 10.3. The number of nitrogens with one attached hydrogen (secondary N) is 2. The van der Waals surface area contributed by atoms with Crippen LogP contribution in [0.15, 0.2) is 24.5 Å². The lowest BCUT2D eigenvalue weighted by molar-refractivity contribution is -0.128. The summed E-state index contributed by atoms with van der Waals surface area (Å²) in [5, 5.41) is 10.1. The highest BCUT2D eigenvalue weighted by Gasteiger charge is 2.54. The lowest BCUT2D eigenvalue weighted by Gasteiger charge is -2.39. The van der Waals surface area contributed by atoms with Crippen LogP contribution < -0.4 is 10.1 Å². The first-order chi connectivity index (χ1) is 18.4. The molecule has 0 bridgehead atoms. The number of carbonyl (C=O) groups excluding carboxylic acids is 2. The van der Waals surface area contributed by atoms with E-state index in [0.29, 0.717) is 38.3 Å². The summed E-state index contributed by atoms with van der Waals surface area (Å²) in [5.74, 6) is 0.194. The Kier molecular flexibility index (Phi) is 6.13. The van der Waals surface area contributed by atoms with Gasteiger partial charge in [0.1, 0.15) is 18.1 Å². The van der Waals surface area contributed by atoms with Crippen molar-refractivity contribution in [2.24, 2.45) is 5.92 Å². The molecule has 1 saturated carbocycles. The fourth-order valence-corrected chi connectivity index (χ4v) is 5.52. The van der Waals surface area contributed by atoms with Crippen molar-refractivity contribution >= 4 is 11.8 Å². The Morgan fingerprint density at radius 1 is 1.32 bits per heavy atom. The van der Waals surface area contributed by atoms with E-state index in [-0.39, 0.29) is 46.5 Å². The number of fused-ring (bicyclic) bond motifs is 1. The number of rotatable bonds is 6. The average molecular weight is 524 g/mol. The van der Waals surface area contributed by atoms with E-state index < -0.39 is 5.82 Å². The Morgan fingerprint density at radius 3 is 2.92 bits per heavy atom. The molecule has 2 amide bonds. The Balaban J connectivity index is 1.11. The first-order valence-corrected chi connectivity index (χ1v) is 12.9. The molecule has 0 radical (unpaired) electrons. The van der Waals surface area contributed by atoms with E-state index in [1.54, 1.807) is 6.07 Å². The SMILES string of the molecule is COc1cc(-c2cc(C(=O)N3CC[C@H](C(=O)N[C@H](C)c4cn5c(n4)COCC5)CC34CC4)[nH]n2)c(F)cn1. The summed E-state index contributed by atoms with van der Waals surface area (Å²) in [4.78, 5) is 37.0. The van der Waals surface area contributed by atoms with Crippen LogP contribution in [0.3, 0.4) is 0 Å². The van der Waals surface area contributed by atoms with E-state index in [0.717, 1.165) is 37.1 Å². The molecule has 3 aromatic heterocycles. The third kappa shape index (κ3) is 4.42. The van der Waals surface area contributed by atoms with Crippen LogP contribution in [-0.4, -0.2) is 67.2 Å². The van der Waals surface area contributed by atoms with E-state index in [1.165, 1.54) is 13.2 Å². The lowest BCUT2D eigenvalue weighted by atomic mass is 9.87. The third-order valence-corrected chi connectivity index (χ3v) is 7.85. The number of ether oxygens (including phenoxy) is 2. The normalized spacial score (nSPS) is 20.6. The minimum absolute atomic E-state index is 0.0102. The molecule has 200 valence electrons. The van der Waals surface area contributed by atoms with Crippen molar-refractivity contribution in [1.82, 2.24) is 34.9 Å². The van der Waals surface area contributed by atoms with Gasteiger partial charge in [-0.15, -0.1) is 0 Å². The topological polar surface area (TPSA) is 127 Å². The van der Waals surface area contributed by atoms with E-state index in [1.807, 2.05) is 18.0 Å². The maximum absolute atomic E-state index is 14.4. The lowest BCUT2D eigenvalue weighted by Crippen LogP contribution is -2.51. The summed E-state index contributed by atoms with van der Waals surface area (Å²) in [7, 11) is 1.45. The van der Waals surface area contributed by atoms with Gasteiger partial charge in [-0.2, -0.15) is 5.10 Å². The molecule has 0 unspecified atom stereocenters. The fraction of sp³-hybridized carbons (Fsp3) is 0.500. The molecule has 2 fully saturated rings. The van der Waals surface area contributed by atoms with Crippen LogP contribution in [0.5, 0.6) is 5.88 Å². The summed E-state index contributed by atoms with van der Waals surface area (Å²) in [6.45, 7) is 4.32. The Hall–Kier alpha value is -3.80. The second kappa shape index (κ2) is 9.50. The fourth-order valence-electron chi connectivity index (χ4n) is 5.52. The van der Waals surface area contributed by atoms with Gasteiger partial charge in [-0.1, -0.05) is 0 Å². The van der Waals surface area contributed by atoms with Crippen LogP contribution in [0.4, 0.5) is 4.39 Å². The molecular weight excluding hydrogens is 493 g/mol. The third-order valence-electron chi connectivity index (χ3n) is 7.85. The van der Waals surface area contributed by atoms with Crippen molar-refractivity contribution in [3.05, 3.63) is 47.6 Å². The zero-order valence-electron chi connectivity index (χ0n) is 21.4. The van der Waals surface area contributed by atoms with Crippen molar-refractivity contribution in [3.8, 4) is 17.1 Å². The summed E-state index contributed by atoms with van der Waals surface area (Å²) < 4.78 is 27.0. The zero-order chi connectivity index (χ0) is 26.4. The number of hydrogen-bond donors (Lipinski definition) is 2. The highest BCUT2D eigenvalue weighted by molar-refractivity contribution is 5.94. The smallest absolute Gasteiger partial charge is 0.272 e. The molecule has 11 nitrogen and oxygen atoms in total. The van der Waals surface area contributed by atoms with Crippen LogP contribution in [0, 0.1) is 11.7 Å². The van der Waals surface area contributed by atoms with Gasteiger partial charge in [0.05, 0.1) is 37.3 Å². The highest BCUT2D eigenvalue weighted by atomic mass is 19.1. The number of aromatic amines is 1. The van der Waals surface area contributed by atoms with Gasteiger partial charge in [0.25, 0.3) is 5.91 Å². The number of pyridine rings is 1. The standard InChI is InChI=1S/C26H30FN7O4/c1-15(21-13-33-7-8-38-14-22(33)30-21)29-24(35)16-3-6-34(26(11-16)4-5-26)25(36)20-10-19(31-32-20)17-9-23(37-2)28-12-18(17)27/h9-10,12-13,15-16H,3-8,11,14H2,1-2H3,(H,29,35)(H,31,32)/t15-,16+/m1/s1. The molecule has 38 heavy (non-hydrogen) atoms. The molecule has 2 atom stereocenters. The number of likely N-dealkylation sites (tertiary alicyclic amines) is 1. The van der Waals surface area contributed by atoms with Crippen LogP contribution in [0.25, 0.3) is 11.3 Å². The van der Waals surface area contributed by atoms with E-state index in [9.17, 15) is 14.0 Å². The van der Waals surface area contributed by atoms with Gasteiger partial charge < -0.3 is 24.3 Å². The Morgan fingerprint density at radius 2 is 2.16 bits per heavy atom. The van der Waals surface area contributed by atoms with Crippen molar-refractivity contribution in [2.75, 3.05) is 20.3 Å². The largest absolute Gasteiger partial charge is 0.481 e. The number of carbonyl (C=O) groups is 2. The van der Waals surface area contributed by atoms with Crippen LogP contribution >= 0.6 is 0 Å². The van der Waals surface area contributed by atoms with Crippen LogP contribution in [0.1, 0.15) is 60.7 Å². The number of nitrogens with zero attached hydrogens (tertiary/aromatic N) is 5. The molecule has 1 aliphatic carbocycles. The van der Waals surface area contributed by atoms with Crippen LogP contribution in [-0.2, 0) is 22.7 Å². The molecule has 12 heteroatoms. The summed E-state index contributed by atoms with van der Waals surface area (Å²) in [5.41, 5.74) is 1.27. The maximum atomic E-state index is 14.4. The van der Waals surface area contributed by atoms with E-state index in [2.05, 4.69) is 30.0 Å². The van der Waals surface area contributed by atoms with Crippen molar-refractivity contribution in [2.45, 2.75) is 57.3 Å². The second-order valence-electron chi connectivity index (χ2n) is 10.3. The van der Waals surface area contributed by atoms with Gasteiger partial charge in [0, 0.05) is 42.4 Å². The molecule has 6 rings (SSSR count). The van der Waals surface area contributed by atoms with Gasteiger partial charge in [0.2, 0.25) is 11.8 Å². The number of hydrogen-bond acceptors (Lipinski definition) is 7. The molecule has 1 spiro atoms. The minimum atomic E-state index is -0.555. The summed E-state index contributed by atoms with van der Waals surface area (Å²) in [6.07, 6.45) is 5.93. The average Bonchev–Trinajstić information content (AvgIpc) is 3.32. The highest BCUT2D eigenvalue weighted by Crippen LogP contribution is 2.50. The van der Waals surface area contributed by atoms with Gasteiger partial charge in [0.15, 0.2) is 5.82 Å².